The van der Waals surface area contributed by atoms with Gasteiger partial charge in [-0.25, -0.2) is 0 Å². The van der Waals surface area contributed by atoms with E-state index in [4.69, 9.17) is 4.74 Å². The topological polar surface area (TPSA) is 76.2 Å². The van der Waals surface area contributed by atoms with Crippen LogP contribution in [0.1, 0.15) is 36.7 Å². The molecule has 0 aliphatic heterocycles. The predicted molar refractivity (Wildman–Crippen MR) is 130 cm³/mol. The fourth-order valence-corrected chi connectivity index (χ4v) is 3.64. The van der Waals surface area contributed by atoms with Gasteiger partial charge in [-0.3, -0.25) is 4.79 Å². The number of azo groups is 1. The molecular weight excluding hydrogens is 414 g/mol. The van der Waals surface area contributed by atoms with Gasteiger partial charge in [-0.15, -0.1) is 10.2 Å². The summed E-state index contributed by atoms with van der Waals surface area (Å²) in [5.41, 5.74) is 2.83. The van der Waals surface area contributed by atoms with Crippen molar-refractivity contribution in [3.05, 3.63) is 90.0 Å². The number of aromatic nitrogens is 1. The van der Waals surface area contributed by atoms with E-state index in [-0.39, 0.29) is 17.0 Å². The summed E-state index contributed by atoms with van der Waals surface area (Å²) in [5, 5.41) is 19.5. The summed E-state index contributed by atoms with van der Waals surface area (Å²) in [4.78, 5) is 12.3. The van der Waals surface area contributed by atoms with E-state index in [1.807, 2.05) is 42.5 Å². The molecule has 0 atom stereocenters. The van der Waals surface area contributed by atoms with Gasteiger partial charge < -0.3 is 14.4 Å². The van der Waals surface area contributed by atoms with Crippen LogP contribution in [0.4, 0.5) is 5.69 Å². The van der Waals surface area contributed by atoms with Crippen molar-refractivity contribution in [3.8, 4) is 11.6 Å². The van der Waals surface area contributed by atoms with Crippen molar-refractivity contribution in [1.82, 2.24) is 4.57 Å². The summed E-state index contributed by atoms with van der Waals surface area (Å²) in [6.45, 7) is 7.29. The Kier molecular flexibility index (Phi) is 6.27. The fourth-order valence-electron chi connectivity index (χ4n) is 3.64. The second kappa shape index (κ2) is 9.28. The summed E-state index contributed by atoms with van der Waals surface area (Å²) in [6, 6.07) is 24.3. The number of ether oxygens (including phenoxy) is 1. The second-order valence-electron chi connectivity index (χ2n) is 8.84. The van der Waals surface area contributed by atoms with Gasteiger partial charge in [0, 0.05) is 10.9 Å². The van der Waals surface area contributed by atoms with Crippen LogP contribution in [0, 0.1) is 0 Å². The molecule has 168 valence electrons. The van der Waals surface area contributed by atoms with Crippen LogP contribution in [0.2, 0.25) is 0 Å². The monoisotopic (exact) mass is 441 g/mol. The van der Waals surface area contributed by atoms with Crippen LogP contribution in [0.5, 0.6) is 11.6 Å². The van der Waals surface area contributed by atoms with E-state index in [0.29, 0.717) is 24.1 Å². The smallest absolute Gasteiger partial charge is 0.295 e. The maximum Gasteiger partial charge on any atom is 0.295 e. The molecule has 0 bridgehead atoms. The molecule has 0 spiro atoms. The lowest BCUT2D eigenvalue weighted by Crippen LogP contribution is -2.11. The van der Waals surface area contributed by atoms with E-state index >= 15 is 0 Å². The first-order chi connectivity index (χ1) is 15.8. The molecule has 4 rings (SSSR count). The predicted octanol–water partition coefficient (Wildman–Crippen LogP) is 6.65. The molecule has 1 amide bonds. The highest BCUT2D eigenvalue weighted by molar-refractivity contribution is 5.97. The molecule has 0 saturated carbocycles. The van der Waals surface area contributed by atoms with E-state index in [2.05, 4.69) is 43.1 Å². The van der Waals surface area contributed by atoms with Gasteiger partial charge in [0.05, 0.1) is 12.1 Å². The first-order valence-corrected chi connectivity index (χ1v) is 10.9. The number of fused-ring (bicyclic) bond motifs is 1. The highest BCUT2D eigenvalue weighted by Crippen LogP contribution is 2.38. The van der Waals surface area contributed by atoms with Crippen LogP contribution in [-0.4, -0.2) is 22.2 Å². The van der Waals surface area contributed by atoms with Crippen LogP contribution in [0.3, 0.4) is 0 Å². The molecule has 1 aromatic heterocycles. The maximum atomic E-state index is 12.3. The lowest BCUT2D eigenvalue weighted by atomic mass is 9.87. The van der Waals surface area contributed by atoms with Crippen LogP contribution < -0.4 is 4.74 Å². The molecule has 0 radical (unpaired) electrons. The molecule has 6 nitrogen and oxygen atoms in total. The first-order valence-electron chi connectivity index (χ1n) is 10.9. The van der Waals surface area contributed by atoms with E-state index in [1.54, 1.807) is 28.8 Å². The minimum Gasteiger partial charge on any atom is -0.493 e. The number of nitrogens with zero attached hydrogens (tertiary/aromatic N) is 3. The molecule has 3 aromatic carbocycles. The van der Waals surface area contributed by atoms with Gasteiger partial charge in [-0.1, -0.05) is 69.3 Å². The lowest BCUT2D eigenvalue weighted by Gasteiger charge is -2.19. The Hall–Kier alpha value is -3.93. The summed E-state index contributed by atoms with van der Waals surface area (Å²) in [6.07, 6.45) is 0. The summed E-state index contributed by atoms with van der Waals surface area (Å²) in [7, 11) is 0. The average Bonchev–Trinajstić information content (AvgIpc) is 3.08. The van der Waals surface area contributed by atoms with Crippen molar-refractivity contribution in [2.75, 3.05) is 6.61 Å². The van der Waals surface area contributed by atoms with E-state index in [0.717, 1.165) is 11.3 Å². The van der Waals surface area contributed by atoms with Gasteiger partial charge >= 0.3 is 0 Å². The van der Waals surface area contributed by atoms with Gasteiger partial charge in [0.25, 0.3) is 5.91 Å². The van der Waals surface area contributed by atoms with Crippen molar-refractivity contribution >= 4 is 22.5 Å². The van der Waals surface area contributed by atoms with Gasteiger partial charge in [0.2, 0.25) is 5.88 Å². The second-order valence-corrected chi connectivity index (χ2v) is 8.84. The maximum absolute atomic E-state index is 12.3. The zero-order valence-corrected chi connectivity index (χ0v) is 19.0. The number of hydrogen-bond donors (Lipinski definition) is 1. The standard InChI is InChI=1S/C27H27N3O3/c1-27(2,3)20-13-15-21(16-14-20)33-18-17-30-23-12-8-7-11-22(23)24(26(30)32)28-29-25(31)19-9-5-4-6-10-19/h4-16,32H,17-18H2,1-3H3. The third kappa shape index (κ3) is 4.95. The summed E-state index contributed by atoms with van der Waals surface area (Å²) in [5.74, 6) is 0.258. The van der Waals surface area contributed by atoms with E-state index < -0.39 is 5.91 Å². The molecule has 0 fully saturated rings. The third-order valence-corrected chi connectivity index (χ3v) is 5.48. The number of carbonyl (C=O) groups excluding carboxylic acids is 1. The number of carbonyl (C=O) groups is 1. The Morgan fingerprint density at radius 3 is 2.30 bits per heavy atom. The zero-order chi connectivity index (χ0) is 23.4. The molecule has 0 saturated heterocycles. The van der Waals surface area contributed by atoms with Crippen molar-refractivity contribution in [3.63, 3.8) is 0 Å². The Morgan fingerprint density at radius 2 is 1.61 bits per heavy atom. The lowest BCUT2D eigenvalue weighted by molar-refractivity contribution is 0.0995. The molecule has 6 heteroatoms. The number of rotatable bonds is 6. The SMILES string of the molecule is CC(C)(C)c1ccc(OCCn2c(O)c(N=NC(=O)c3ccccc3)c3ccccc32)cc1. The molecule has 0 aliphatic carbocycles. The van der Waals surface area contributed by atoms with Gasteiger partial charge in [-0.2, -0.15) is 0 Å². The Labute approximate surface area is 193 Å². The Balaban J connectivity index is 1.52. The molecule has 1 heterocycles. The number of hydrogen-bond acceptors (Lipinski definition) is 4. The number of para-hydroxylation sites is 1. The molecule has 0 unspecified atom stereocenters. The van der Waals surface area contributed by atoms with E-state index in [9.17, 15) is 9.90 Å². The summed E-state index contributed by atoms with van der Waals surface area (Å²) >= 11 is 0. The Bertz CT molecular complexity index is 1280. The minimum absolute atomic E-state index is 0.0486. The van der Waals surface area contributed by atoms with Crippen LogP contribution in [-0.2, 0) is 12.0 Å². The molecule has 1 N–H and O–H groups in total. The molecule has 0 aliphatic rings. The molecule has 33 heavy (non-hydrogen) atoms. The van der Waals surface area contributed by atoms with Gasteiger partial charge in [-0.05, 0) is 41.3 Å². The summed E-state index contributed by atoms with van der Waals surface area (Å²) < 4.78 is 7.63. The number of benzene rings is 3. The van der Waals surface area contributed by atoms with E-state index in [1.165, 1.54) is 5.56 Å². The van der Waals surface area contributed by atoms with Crippen LogP contribution in [0.15, 0.2) is 89.1 Å². The number of aromatic hydroxyl groups is 1. The largest absolute Gasteiger partial charge is 0.493 e. The molecule has 4 aromatic rings. The highest BCUT2D eigenvalue weighted by atomic mass is 16.5. The third-order valence-electron chi connectivity index (χ3n) is 5.48. The first kappa shape index (κ1) is 22.3. The van der Waals surface area contributed by atoms with Crippen molar-refractivity contribution in [2.45, 2.75) is 32.7 Å². The quantitative estimate of drug-likeness (QED) is 0.340. The highest BCUT2D eigenvalue weighted by Gasteiger charge is 2.17. The van der Waals surface area contributed by atoms with Crippen molar-refractivity contribution in [1.29, 1.82) is 0 Å². The van der Waals surface area contributed by atoms with Crippen molar-refractivity contribution < 1.29 is 14.6 Å². The zero-order valence-electron chi connectivity index (χ0n) is 19.0. The fraction of sp³-hybridized carbons (Fsp3) is 0.222. The van der Waals surface area contributed by atoms with Crippen LogP contribution in [0.25, 0.3) is 10.9 Å². The number of amides is 1. The minimum atomic E-state index is -0.464. The Morgan fingerprint density at radius 1 is 0.939 bits per heavy atom. The average molecular weight is 442 g/mol. The normalized spacial score (nSPS) is 11.8. The van der Waals surface area contributed by atoms with Gasteiger partial charge in [0.1, 0.15) is 12.4 Å². The van der Waals surface area contributed by atoms with Gasteiger partial charge in [0.15, 0.2) is 5.69 Å². The van der Waals surface area contributed by atoms with Crippen LogP contribution >= 0.6 is 0 Å². The van der Waals surface area contributed by atoms with Crippen molar-refractivity contribution in [2.24, 2.45) is 10.2 Å². The molecular formula is C27H27N3O3.